The lowest BCUT2D eigenvalue weighted by molar-refractivity contribution is -0.376. The molecule has 0 aromatic carbocycles. The summed E-state index contributed by atoms with van der Waals surface area (Å²) in [4.78, 5) is 10.1. The fraction of sp³-hybridized carbons (Fsp3) is 0.941. The van der Waals surface area contributed by atoms with Crippen LogP contribution in [-0.2, 0) is 19.0 Å². The first-order chi connectivity index (χ1) is 14.6. The topological polar surface area (TPSA) is 239 Å². The van der Waals surface area contributed by atoms with Crippen molar-refractivity contribution in [2.75, 3.05) is 19.8 Å². The Hall–Kier alpha value is -1.01. The van der Waals surface area contributed by atoms with Crippen molar-refractivity contribution in [3.05, 3.63) is 0 Å². The van der Waals surface area contributed by atoms with Gasteiger partial charge in [0.15, 0.2) is 12.6 Å². The maximum Gasteiger partial charge on any atom is 0.320 e. The van der Waals surface area contributed by atoms with Gasteiger partial charge in [0.25, 0.3) is 0 Å². The molecule has 3 aliphatic heterocycles. The van der Waals surface area contributed by atoms with Crippen LogP contribution in [0, 0.1) is 0 Å². The number of aliphatic hydroxyl groups excluding tert-OH is 8. The molecule has 0 aliphatic carbocycles. The average Bonchev–Trinajstić information content (AvgIpc) is 3.30. The minimum absolute atomic E-state index is 0.269. The van der Waals surface area contributed by atoms with E-state index in [0.29, 0.717) is 0 Å². The Morgan fingerprint density at radius 3 is 1.55 bits per heavy atom. The Labute approximate surface area is 177 Å². The van der Waals surface area contributed by atoms with Crippen LogP contribution in [0.3, 0.4) is 0 Å². The van der Waals surface area contributed by atoms with E-state index in [9.17, 15) is 35.4 Å². The zero-order valence-corrected chi connectivity index (χ0v) is 16.5. The average molecular weight is 457 g/mol. The second kappa shape index (κ2) is 11.7. The highest BCUT2D eigenvalue weighted by molar-refractivity contribution is 5.73. The van der Waals surface area contributed by atoms with Gasteiger partial charge in [0.2, 0.25) is 0 Å². The molecule has 0 aromatic heterocycles. The van der Waals surface area contributed by atoms with Crippen LogP contribution in [0.1, 0.15) is 12.8 Å². The predicted octanol–water partition coefficient (Wildman–Crippen LogP) is -5.57. The van der Waals surface area contributed by atoms with E-state index in [1.807, 2.05) is 0 Å². The van der Waals surface area contributed by atoms with Crippen LogP contribution in [0.4, 0.5) is 0 Å². The van der Waals surface area contributed by atoms with E-state index in [4.69, 9.17) is 29.5 Å². The molecule has 0 saturated carbocycles. The molecule has 3 rings (SSSR count). The number of hydrogen-bond acceptors (Lipinski definition) is 13. The monoisotopic (exact) mass is 457 g/mol. The van der Waals surface area contributed by atoms with Gasteiger partial charge in [-0.1, -0.05) is 0 Å². The lowest BCUT2D eigenvalue weighted by Crippen LogP contribution is -2.63. The zero-order chi connectivity index (χ0) is 23.3. The van der Waals surface area contributed by atoms with Crippen molar-refractivity contribution in [1.82, 2.24) is 5.32 Å². The molecule has 14 heteroatoms. The minimum Gasteiger partial charge on any atom is -0.480 e. The summed E-state index contributed by atoms with van der Waals surface area (Å²) in [6.07, 6.45) is -13.8. The molecule has 0 bridgehead atoms. The van der Waals surface area contributed by atoms with Gasteiger partial charge in [0.1, 0.15) is 54.9 Å². The predicted molar refractivity (Wildman–Crippen MR) is 97.3 cm³/mol. The number of aliphatic carboxylic acids is 1. The molecule has 0 amide bonds. The van der Waals surface area contributed by atoms with Crippen molar-refractivity contribution in [2.24, 2.45) is 0 Å². The maximum atomic E-state index is 10.1. The SMILES string of the molecule is O=C(O)C1CCCN1.OC[C@H]1O[C@H](O[C@H]2O[C@H](CO)[C@@H](O)[C@H](O)[C@H]2O)[C@H](O)[C@@H](O)[C@@H]1O. The number of ether oxygens (including phenoxy) is 3. The van der Waals surface area contributed by atoms with Gasteiger partial charge in [-0.15, -0.1) is 0 Å². The van der Waals surface area contributed by atoms with E-state index in [0.717, 1.165) is 19.4 Å². The van der Waals surface area contributed by atoms with Crippen LogP contribution in [0.25, 0.3) is 0 Å². The van der Waals surface area contributed by atoms with E-state index in [1.54, 1.807) is 0 Å². The first kappa shape index (κ1) is 26.2. The van der Waals surface area contributed by atoms with Crippen LogP contribution in [0.15, 0.2) is 0 Å². The van der Waals surface area contributed by atoms with E-state index >= 15 is 0 Å². The molecule has 0 spiro atoms. The third kappa shape index (κ3) is 6.28. The summed E-state index contributed by atoms with van der Waals surface area (Å²) in [5, 5.41) is 87.7. The molecule has 3 fully saturated rings. The third-order valence-electron chi connectivity index (χ3n) is 5.32. The highest BCUT2D eigenvalue weighted by Crippen LogP contribution is 2.27. The van der Waals surface area contributed by atoms with Crippen LogP contribution in [-0.4, -0.2) is 139 Å². The molecule has 31 heavy (non-hydrogen) atoms. The van der Waals surface area contributed by atoms with Gasteiger partial charge in [-0.25, -0.2) is 0 Å². The van der Waals surface area contributed by atoms with E-state index in [1.165, 1.54) is 0 Å². The zero-order valence-electron chi connectivity index (χ0n) is 16.5. The Bertz CT molecular complexity index is 524. The van der Waals surface area contributed by atoms with Crippen LogP contribution in [0.2, 0.25) is 0 Å². The summed E-state index contributed by atoms with van der Waals surface area (Å²) in [5.41, 5.74) is 0. The Kier molecular flexibility index (Phi) is 9.94. The standard InChI is InChI=1S/C12H22O11.C5H9NO2/c13-1-3-5(15)7(17)9(19)11(21-3)23-12-10(20)8(18)6(16)4(2-14)22-12;7-5(8)4-2-1-3-6-4/h3-20H,1-2H2;4,6H,1-3H2,(H,7,8)/t3-,4-,5-,6-,7+,8+,9-,10-,11-,12-;/m1./s1. The Morgan fingerprint density at radius 1 is 0.806 bits per heavy atom. The third-order valence-corrected chi connectivity index (χ3v) is 5.32. The number of carboxylic acids is 1. The molecule has 3 saturated heterocycles. The lowest BCUT2D eigenvalue weighted by Gasteiger charge is -2.44. The van der Waals surface area contributed by atoms with Gasteiger partial charge >= 0.3 is 5.97 Å². The van der Waals surface area contributed by atoms with Crippen molar-refractivity contribution in [2.45, 2.75) is 80.3 Å². The Morgan fingerprint density at radius 2 is 1.26 bits per heavy atom. The van der Waals surface area contributed by atoms with Crippen molar-refractivity contribution in [1.29, 1.82) is 0 Å². The van der Waals surface area contributed by atoms with Gasteiger partial charge < -0.3 is 65.5 Å². The molecule has 11 atom stereocenters. The lowest BCUT2D eigenvalue weighted by atomic mass is 9.98. The first-order valence-electron chi connectivity index (χ1n) is 9.85. The van der Waals surface area contributed by atoms with E-state index in [2.05, 4.69) is 5.32 Å². The van der Waals surface area contributed by atoms with Crippen molar-refractivity contribution in [3.8, 4) is 0 Å². The van der Waals surface area contributed by atoms with E-state index in [-0.39, 0.29) is 6.04 Å². The second-order valence-electron chi connectivity index (χ2n) is 7.52. The van der Waals surface area contributed by atoms with Crippen molar-refractivity contribution >= 4 is 5.97 Å². The van der Waals surface area contributed by atoms with Gasteiger partial charge in [-0.3, -0.25) is 4.79 Å². The molecule has 10 N–H and O–H groups in total. The van der Waals surface area contributed by atoms with Crippen LogP contribution >= 0.6 is 0 Å². The molecule has 3 heterocycles. The number of nitrogens with one attached hydrogen (secondary N) is 1. The summed E-state index contributed by atoms with van der Waals surface area (Å²) in [6.45, 7) is -0.476. The Balaban J connectivity index is 0.000000357. The molecule has 3 aliphatic rings. The molecule has 1 unspecified atom stereocenters. The van der Waals surface area contributed by atoms with Crippen molar-refractivity contribution < 1.29 is 65.0 Å². The minimum atomic E-state index is -1.72. The number of hydrogen-bond donors (Lipinski definition) is 10. The summed E-state index contributed by atoms with van der Waals surface area (Å²) >= 11 is 0. The normalized spacial score (nSPS) is 45.6. The summed E-state index contributed by atoms with van der Waals surface area (Å²) in [5.74, 6) is -0.720. The fourth-order valence-electron chi connectivity index (χ4n) is 3.39. The molecular formula is C17H31NO13. The van der Waals surface area contributed by atoms with Crippen LogP contribution in [0.5, 0.6) is 0 Å². The summed E-state index contributed by atoms with van der Waals surface area (Å²) in [7, 11) is 0. The van der Waals surface area contributed by atoms with E-state index < -0.39 is 80.6 Å². The number of aliphatic hydroxyl groups is 8. The number of rotatable bonds is 5. The van der Waals surface area contributed by atoms with Crippen molar-refractivity contribution in [3.63, 3.8) is 0 Å². The quantitative estimate of drug-likeness (QED) is 0.185. The summed E-state index contributed by atoms with van der Waals surface area (Å²) < 4.78 is 15.3. The smallest absolute Gasteiger partial charge is 0.320 e. The molecule has 14 nitrogen and oxygen atoms in total. The second-order valence-corrected chi connectivity index (χ2v) is 7.52. The fourth-order valence-corrected chi connectivity index (χ4v) is 3.39. The molecular weight excluding hydrogens is 426 g/mol. The number of carbonyl (C=O) groups is 1. The highest BCUT2D eigenvalue weighted by Gasteiger charge is 2.49. The summed E-state index contributed by atoms with van der Waals surface area (Å²) in [6, 6.07) is -0.269. The van der Waals surface area contributed by atoms with Gasteiger partial charge in [0.05, 0.1) is 13.2 Å². The molecule has 182 valence electrons. The van der Waals surface area contributed by atoms with Gasteiger partial charge in [-0.2, -0.15) is 0 Å². The van der Waals surface area contributed by atoms with Crippen LogP contribution < -0.4 is 5.32 Å². The maximum absolute atomic E-state index is 10.1. The molecule has 0 radical (unpaired) electrons. The highest BCUT2D eigenvalue weighted by atomic mass is 16.8. The number of carboxylic acid groups (broad SMARTS) is 1. The van der Waals surface area contributed by atoms with Gasteiger partial charge in [0, 0.05) is 0 Å². The van der Waals surface area contributed by atoms with Gasteiger partial charge in [-0.05, 0) is 19.4 Å². The first-order valence-corrected chi connectivity index (χ1v) is 9.85. The molecule has 0 aromatic rings. The largest absolute Gasteiger partial charge is 0.480 e.